The van der Waals surface area contributed by atoms with E-state index < -0.39 is 5.97 Å². The number of fused-ring (bicyclic) bond motifs is 2. The standard InChI is InChI=1S/C32H38N2O6/c1-22(35)39-21-26(36)11-7-2-3-8-12-27-28(30-18-17-29(27)40-30)19-33-31(37)20-34-32(38)25-15-13-24(14-16-25)23-9-5-4-6-10-23/h3-6,8-10,13-16,27-30H,2,7,11-12,17-21H2,1H3,(H,33,37)(H,34,38)/t27-,28+,29+,30+/m1/s1. The number of carbonyl (C=O) groups excluding carboxylic acids is 4. The van der Waals surface area contributed by atoms with Gasteiger partial charge >= 0.3 is 5.97 Å². The largest absolute Gasteiger partial charge is 0.458 e. The van der Waals surface area contributed by atoms with Crippen molar-refractivity contribution in [2.45, 2.75) is 57.7 Å². The average molecular weight is 547 g/mol. The Balaban J connectivity index is 1.16. The molecule has 4 atom stereocenters. The van der Waals surface area contributed by atoms with E-state index in [1.54, 1.807) is 12.1 Å². The van der Waals surface area contributed by atoms with E-state index in [0.29, 0.717) is 30.9 Å². The second kappa shape index (κ2) is 14.6. The molecule has 0 spiro atoms. The van der Waals surface area contributed by atoms with Crippen molar-refractivity contribution >= 4 is 23.6 Å². The van der Waals surface area contributed by atoms with E-state index in [0.717, 1.165) is 36.8 Å². The number of Topliss-reactive ketones (excluding diaryl/α,β-unsaturated/α-hetero) is 1. The van der Waals surface area contributed by atoms with Crippen LogP contribution in [0.4, 0.5) is 0 Å². The Bertz CT molecular complexity index is 1190. The van der Waals surface area contributed by atoms with Crippen LogP contribution in [0.1, 0.15) is 55.8 Å². The van der Waals surface area contributed by atoms with E-state index in [1.807, 2.05) is 42.5 Å². The number of allylic oxidation sites excluding steroid dienone is 2. The lowest BCUT2D eigenvalue weighted by molar-refractivity contribution is -0.145. The van der Waals surface area contributed by atoms with Crippen LogP contribution in [0.5, 0.6) is 0 Å². The Morgan fingerprint density at radius 3 is 2.33 bits per heavy atom. The third-order valence-corrected chi connectivity index (χ3v) is 7.63. The molecule has 212 valence electrons. The van der Waals surface area contributed by atoms with Crippen LogP contribution in [0, 0.1) is 11.8 Å². The molecule has 2 aliphatic rings. The van der Waals surface area contributed by atoms with E-state index in [-0.39, 0.29) is 48.9 Å². The Labute approximate surface area is 235 Å². The average Bonchev–Trinajstić information content (AvgIpc) is 3.58. The lowest BCUT2D eigenvalue weighted by Gasteiger charge is -2.27. The summed E-state index contributed by atoms with van der Waals surface area (Å²) in [6.45, 7) is 1.58. The van der Waals surface area contributed by atoms with E-state index in [2.05, 4.69) is 22.8 Å². The minimum atomic E-state index is -0.443. The van der Waals surface area contributed by atoms with Crippen molar-refractivity contribution in [3.8, 4) is 11.1 Å². The van der Waals surface area contributed by atoms with E-state index in [9.17, 15) is 19.2 Å². The number of hydrogen-bond acceptors (Lipinski definition) is 6. The molecule has 0 aromatic heterocycles. The topological polar surface area (TPSA) is 111 Å². The monoisotopic (exact) mass is 546 g/mol. The molecule has 4 rings (SSSR count). The van der Waals surface area contributed by atoms with Gasteiger partial charge in [0.2, 0.25) is 5.91 Å². The first kappa shape index (κ1) is 29.2. The molecule has 2 aromatic rings. The number of benzene rings is 2. The number of nitrogens with one attached hydrogen (secondary N) is 2. The number of carbonyl (C=O) groups is 4. The van der Waals surface area contributed by atoms with Crippen molar-refractivity contribution in [3.05, 3.63) is 72.3 Å². The quantitative estimate of drug-likeness (QED) is 0.208. The first-order valence-electron chi connectivity index (χ1n) is 14.1. The lowest BCUT2D eigenvalue weighted by Crippen LogP contribution is -2.42. The molecule has 8 heteroatoms. The summed E-state index contributed by atoms with van der Waals surface area (Å²) in [6, 6.07) is 17.3. The van der Waals surface area contributed by atoms with Crippen LogP contribution in [0.3, 0.4) is 0 Å². The summed E-state index contributed by atoms with van der Waals surface area (Å²) < 4.78 is 10.9. The zero-order chi connectivity index (χ0) is 28.3. The first-order valence-corrected chi connectivity index (χ1v) is 14.1. The minimum absolute atomic E-state index is 0.0712. The maximum Gasteiger partial charge on any atom is 0.303 e. The van der Waals surface area contributed by atoms with Crippen molar-refractivity contribution in [3.63, 3.8) is 0 Å². The van der Waals surface area contributed by atoms with Crippen LogP contribution in [0.25, 0.3) is 11.1 Å². The van der Waals surface area contributed by atoms with Crippen molar-refractivity contribution in [2.24, 2.45) is 11.8 Å². The normalized spacial score (nSPS) is 21.3. The molecule has 0 radical (unpaired) electrons. The van der Waals surface area contributed by atoms with Gasteiger partial charge < -0.3 is 20.1 Å². The zero-order valence-corrected chi connectivity index (χ0v) is 23.0. The molecule has 2 saturated heterocycles. The number of ether oxygens (including phenoxy) is 2. The van der Waals surface area contributed by atoms with Gasteiger partial charge in [0.1, 0.15) is 6.61 Å². The highest BCUT2D eigenvalue weighted by Crippen LogP contribution is 2.44. The van der Waals surface area contributed by atoms with Gasteiger partial charge in [-0.2, -0.15) is 0 Å². The molecular weight excluding hydrogens is 508 g/mol. The predicted molar refractivity (Wildman–Crippen MR) is 151 cm³/mol. The summed E-state index contributed by atoms with van der Waals surface area (Å²) in [6.07, 6.45) is 9.38. The van der Waals surface area contributed by atoms with Crippen LogP contribution in [0.15, 0.2) is 66.7 Å². The third kappa shape index (κ3) is 8.36. The molecule has 40 heavy (non-hydrogen) atoms. The maximum atomic E-state index is 12.5. The molecule has 2 aliphatic heterocycles. The summed E-state index contributed by atoms with van der Waals surface area (Å²) in [4.78, 5) is 47.5. The second-order valence-electron chi connectivity index (χ2n) is 10.5. The molecule has 2 aromatic carbocycles. The van der Waals surface area contributed by atoms with Crippen LogP contribution < -0.4 is 10.6 Å². The molecule has 0 saturated carbocycles. The second-order valence-corrected chi connectivity index (χ2v) is 10.5. The zero-order valence-electron chi connectivity index (χ0n) is 23.0. The fourth-order valence-electron chi connectivity index (χ4n) is 5.52. The van der Waals surface area contributed by atoms with Gasteiger partial charge in [-0.1, -0.05) is 54.6 Å². The highest BCUT2D eigenvalue weighted by atomic mass is 16.5. The van der Waals surface area contributed by atoms with Gasteiger partial charge in [-0.05, 0) is 61.3 Å². The third-order valence-electron chi connectivity index (χ3n) is 7.63. The van der Waals surface area contributed by atoms with Gasteiger partial charge in [-0.15, -0.1) is 0 Å². The summed E-state index contributed by atoms with van der Waals surface area (Å²) in [5.74, 6) is -0.448. The summed E-state index contributed by atoms with van der Waals surface area (Å²) in [5, 5.41) is 5.70. The summed E-state index contributed by atoms with van der Waals surface area (Å²) in [5.41, 5.74) is 2.62. The number of hydrogen-bond donors (Lipinski definition) is 2. The Kier molecular flexibility index (Phi) is 10.6. The van der Waals surface area contributed by atoms with Crippen LogP contribution >= 0.6 is 0 Å². The van der Waals surface area contributed by atoms with E-state index in [4.69, 9.17) is 9.47 Å². The van der Waals surface area contributed by atoms with Crippen LogP contribution in [-0.2, 0) is 23.9 Å². The Hall–Kier alpha value is -3.78. The lowest BCUT2D eigenvalue weighted by atomic mass is 9.77. The van der Waals surface area contributed by atoms with Crippen molar-refractivity contribution in [2.75, 3.05) is 19.7 Å². The van der Waals surface area contributed by atoms with E-state index in [1.165, 1.54) is 6.92 Å². The molecule has 0 unspecified atom stereocenters. The van der Waals surface area contributed by atoms with Gasteiger partial charge in [-0.25, -0.2) is 0 Å². The van der Waals surface area contributed by atoms with Gasteiger partial charge in [0, 0.05) is 31.4 Å². The van der Waals surface area contributed by atoms with Crippen LogP contribution in [-0.4, -0.2) is 55.5 Å². The van der Waals surface area contributed by atoms with Crippen molar-refractivity contribution < 1.29 is 28.7 Å². The minimum Gasteiger partial charge on any atom is -0.458 e. The Morgan fingerprint density at radius 2 is 1.60 bits per heavy atom. The molecule has 8 nitrogen and oxygen atoms in total. The van der Waals surface area contributed by atoms with Crippen LogP contribution in [0.2, 0.25) is 0 Å². The first-order chi connectivity index (χ1) is 19.4. The van der Waals surface area contributed by atoms with E-state index >= 15 is 0 Å². The van der Waals surface area contributed by atoms with Gasteiger partial charge in [-0.3, -0.25) is 19.2 Å². The predicted octanol–water partition coefficient (Wildman–Crippen LogP) is 4.24. The fourth-order valence-corrected chi connectivity index (χ4v) is 5.52. The SMILES string of the molecule is CC(=O)OCC(=O)CCCC=CC[C@@H]1[C@H](CNC(=O)CNC(=O)c2ccc(-c3ccccc3)cc2)[C@@H]2CC[C@@H]1O2. The van der Waals surface area contributed by atoms with Gasteiger partial charge in [0.15, 0.2) is 5.78 Å². The highest BCUT2D eigenvalue weighted by molar-refractivity contribution is 5.96. The number of rotatable bonds is 14. The molecule has 2 fully saturated rings. The molecule has 2 N–H and O–H groups in total. The highest BCUT2D eigenvalue weighted by Gasteiger charge is 2.47. The van der Waals surface area contributed by atoms with Crippen molar-refractivity contribution in [1.29, 1.82) is 0 Å². The molecule has 2 heterocycles. The molecule has 0 aliphatic carbocycles. The number of esters is 1. The maximum absolute atomic E-state index is 12.5. The smallest absolute Gasteiger partial charge is 0.303 e. The number of amides is 2. The molecule has 2 amide bonds. The number of unbranched alkanes of at least 4 members (excludes halogenated alkanes) is 1. The van der Waals surface area contributed by atoms with Crippen molar-refractivity contribution in [1.82, 2.24) is 10.6 Å². The van der Waals surface area contributed by atoms with Gasteiger partial charge in [0.25, 0.3) is 5.91 Å². The fraction of sp³-hybridized carbons (Fsp3) is 0.438. The molecular formula is C32H38N2O6. The van der Waals surface area contributed by atoms with Gasteiger partial charge in [0.05, 0.1) is 18.8 Å². The Morgan fingerprint density at radius 1 is 0.900 bits per heavy atom. The summed E-state index contributed by atoms with van der Waals surface area (Å²) in [7, 11) is 0. The molecule has 2 bridgehead atoms. The summed E-state index contributed by atoms with van der Waals surface area (Å²) >= 11 is 0. The number of ketones is 1.